The molecule has 0 bridgehead atoms. The van der Waals surface area contributed by atoms with E-state index in [-0.39, 0.29) is 6.04 Å². The Balaban J connectivity index is 1.73. The lowest BCUT2D eigenvalue weighted by molar-refractivity contribution is 0.171. The van der Waals surface area contributed by atoms with E-state index in [0.29, 0.717) is 30.0 Å². The van der Waals surface area contributed by atoms with E-state index in [2.05, 4.69) is 10.3 Å². The highest BCUT2D eigenvalue weighted by molar-refractivity contribution is 7.09. The van der Waals surface area contributed by atoms with Crippen molar-refractivity contribution in [3.63, 3.8) is 0 Å². The summed E-state index contributed by atoms with van der Waals surface area (Å²) in [6.07, 6.45) is 4.28. The second-order valence-corrected chi connectivity index (χ2v) is 6.60. The van der Waals surface area contributed by atoms with E-state index in [0.717, 1.165) is 16.3 Å². The van der Waals surface area contributed by atoms with Crippen LogP contribution in [-0.4, -0.2) is 24.2 Å². The standard InChI is InChI=1S/C15H15ClN2O2S/c16-11-7-9(8-12-14(11)20-5-4-19-12)13(18-10-1-2-10)15-17-3-6-21-15/h3,6-8,10,13,18H,1-2,4-5H2. The molecule has 2 heterocycles. The van der Waals surface area contributed by atoms with Crippen LogP contribution in [0.25, 0.3) is 0 Å². The maximum absolute atomic E-state index is 6.36. The van der Waals surface area contributed by atoms with Crippen molar-refractivity contribution in [1.29, 1.82) is 0 Å². The van der Waals surface area contributed by atoms with Crippen LogP contribution in [0.1, 0.15) is 29.5 Å². The first-order valence-corrected chi connectivity index (χ1v) is 8.31. The van der Waals surface area contributed by atoms with Crippen LogP contribution >= 0.6 is 22.9 Å². The molecule has 1 aromatic heterocycles. The number of hydrogen-bond acceptors (Lipinski definition) is 5. The lowest BCUT2D eigenvalue weighted by Crippen LogP contribution is -2.25. The zero-order valence-corrected chi connectivity index (χ0v) is 12.9. The number of nitrogens with zero attached hydrogens (tertiary/aromatic N) is 1. The number of ether oxygens (including phenoxy) is 2. The number of thiazole rings is 1. The van der Waals surface area contributed by atoms with E-state index >= 15 is 0 Å². The van der Waals surface area contributed by atoms with Crippen molar-refractivity contribution in [2.75, 3.05) is 13.2 Å². The van der Waals surface area contributed by atoms with Crippen molar-refractivity contribution in [2.24, 2.45) is 0 Å². The molecule has 0 radical (unpaired) electrons. The molecule has 0 spiro atoms. The van der Waals surface area contributed by atoms with E-state index < -0.39 is 0 Å². The molecule has 1 atom stereocenters. The van der Waals surface area contributed by atoms with Crippen molar-refractivity contribution in [2.45, 2.75) is 24.9 Å². The molecule has 4 rings (SSSR count). The van der Waals surface area contributed by atoms with Crippen molar-refractivity contribution < 1.29 is 9.47 Å². The number of aromatic nitrogens is 1. The van der Waals surface area contributed by atoms with Crippen LogP contribution < -0.4 is 14.8 Å². The van der Waals surface area contributed by atoms with Gasteiger partial charge in [0.15, 0.2) is 11.5 Å². The summed E-state index contributed by atoms with van der Waals surface area (Å²) in [5.74, 6) is 1.37. The van der Waals surface area contributed by atoms with Gasteiger partial charge in [-0.25, -0.2) is 4.98 Å². The van der Waals surface area contributed by atoms with E-state index in [1.165, 1.54) is 12.8 Å². The Kier molecular flexibility index (Phi) is 3.49. The number of rotatable bonds is 4. The van der Waals surface area contributed by atoms with Gasteiger partial charge in [-0.3, -0.25) is 0 Å². The molecular weight excluding hydrogens is 308 g/mol. The summed E-state index contributed by atoms with van der Waals surface area (Å²) >= 11 is 8.01. The fourth-order valence-electron chi connectivity index (χ4n) is 2.47. The summed E-state index contributed by atoms with van der Waals surface area (Å²) in [6, 6.07) is 4.61. The van der Waals surface area contributed by atoms with Gasteiger partial charge in [-0.1, -0.05) is 11.6 Å². The van der Waals surface area contributed by atoms with Crippen LogP contribution in [-0.2, 0) is 0 Å². The van der Waals surface area contributed by atoms with Crippen molar-refractivity contribution in [3.8, 4) is 11.5 Å². The third kappa shape index (κ3) is 2.73. The largest absolute Gasteiger partial charge is 0.486 e. The topological polar surface area (TPSA) is 43.4 Å². The van der Waals surface area contributed by atoms with Gasteiger partial charge in [0, 0.05) is 17.6 Å². The van der Waals surface area contributed by atoms with E-state index in [1.54, 1.807) is 11.3 Å². The van der Waals surface area contributed by atoms with E-state index in [4.69, 9.17) is 21.1 Å². The molecular formula is C15H15ClN2O2S. The van der Waals surface area contributed by atoms with Gasteiger partial charge in [0.05, 0.1) is 11.1 Å². The number of benzene rings is 1. The maximum atomic E-state index is 6.36. The second kappa shape index (κ2) is 5.48. The molecule has 1 unspecified atom stereocenters. The predicted molar refractivity (Wildman–Crippen MR) is 82.6 cm³/mol. The van der Waals surface area contributed by atoms with Gasteiger partial charge in [0.2, 0.25) is 0 Å². The zero-order chi connectivity index (χ0) is 14.2. The fourth-order valence-corrected chi connectivity index (χ4v) is 3.47. The summed E-state index contributed by atoms with van der Waals surface area (Å²) < 4.78 is 11.3. The Bertz CT molecular complexity index is 643. The Labute approximate surface area is 132 Å². The third-order valence-corrected chi connectivity index (χ3v) is 4.75. The van der Waals surface area contributed by atoms with Gasteiger partial charge in [0.25, 0.3) is 0 Å². The minimum absolute atomic E-state index is 0.0610. The summed E-state index contributed by atoms with van der Waals surface area (Å²) in [5, 5.41) is 7.28. The molecule has 1 fully saturated rings. The van der Waals surface area contributed by atoms with Gasteiger partial charge in [-0.15, -0.1) is 11.3 Å². The molecule has 2 aromatic rings. The number of fused-ring (bicyclic) bond motifs is 1. The monoisotopic (exact) mass is 322 g/mol. The Morgan fingerprint density at radius 3 is 2.90 bits per heavy atom. The lowest BCUT2D eigenvalue weighted by atomic mass is 10.1. The first-order valence-electron chi connectivity index (χ1n) is 7.06. The zero-order valence-electron chi connectivity index (χ0n) is 11.3. The van der Waals surface area contributed by atoms with Gasteiger partial charge in [-0.2, -0.15) is 0 Å². The molecule has 0 saturated heterocycles. The average Bonchev–Trinajstić information content (AvgIpc) is 3.16. The average molecular weight is 323 g/mol. The first-order chi connectivity index (χ1) is 10.3. The highest BCUT2D eigenvalue weighted by atomic mass is 35.5. The Morgan fingerprint density at radius 1 is 1.29 bits per heavy atom. The number of nitrogens with one attached hydrogen (secondary N) is 1. The summed E-state index contributed by atoms with van der Waals surface area (Å²) in [7, 11) is 0. The maximum Gasteiger partial charge on any atom is 0.179 e. The third-order valence-electron chi connectivity index (χ3n) is 3.63. The van der Waals surface area contributed by atoms with Crippen LogP contribution in [0.3, 0.4) is 0 Å². The summed E-state index contributed by atoms with van der Waals surface area (Å²) in [5.41, 5.74) is 1.08. The Hall–Kier alpha value is -1.30. The minimum Gasteiger partial charge on any atom is -0.486 e. The van der Waals surface area contributed by atoms with Crippen LogP contribution in [0.2, 0.25) is 5.02 Å². The summed E-state index contributed by atoms with van der Waals surface area (Å²) in [4.78, 5) is 4.46. The molecule has 0 amide bonds. The highest BCUT2D eigenvalue weighted by Crippen LogP contribution is 2.41. The lowest BCUT2D eigenvalue weighted by Gasteiger charge is -2.23. The van der Waals surface area contributed by atoms with Gasteiger partial charge in [-0.05, 0) is 30.5 Å². The molecule has 4 nitrogen and oxygen atoms in total. The number of halogens is 1. The second-order valence-electron chi connectivity index (χ2n) is 5.27. The molecule has 1 aromatic carbocycles. The fraction of sp³-hybridized carbons (Fsp3) is 0.400. The normalized spacial score (nSPS) is 18.5. The van der Waals surface area contributed by atoms with Crippen molar-refractivity contribution in [3.05, 3.63) is 39.3 Å². The molecule has 21 heavy (non-hydrogen) atoms. The summed E-state index contributed by atoms with van der Waals surface area (Å²) in [6.45, 7) is 1.10. The SMILES string of the molecule is Clc1cc(C(NC2CC2)c2nccs2)cc2c1OCCO2. The highest BCUT2D eigenvalue weighted by Gasteiger charge is 2.29. The van der Waals surface area contributed by atoms with Crippen LogP contribution in [0, 0.1) is 0 Å². The molecule has 1 aliphatic carbocycles. The number of hydrogen-bond donors (Lipinski definition) is 1. The Morgan fingerprint density at radius 2 is 2.14 bits per heavy atom. The van der Waals surface area contributed by atoms with Crippen LogP contribution in [0.5, 0.6) is 11.5 Å². The first kappa shape index (κ1) is 13.4. The molecule has 1 aliphatic heterocycles. The van der Waals surface area contributed by atoms with E-state index in [9.17, 15) is 0 Å². The molecule has 1 saturated carbocycles. The molecule has 1 N–H and O–H groups in total. The molecule has 6 heteroatoms. The smallest absolute Gasteiger partial charge is 0.179 e. The molecule has 110 valence electrons. The van der Waals surface area contributed by atoms with Crippen molar-refractivity contribution in [1.82, 2.24) is 10.3 Å². The quantitative estimate of drug-likeness (QED) is 0.937. The minimum atomic E-state index is 0.0610. The molecule has 2 aliphatic rings. The van der Waals surface area contributed by atoms with E-state index in [1.807, 2.05) is 23.7 Å². The van der Waals surface area contributed by atoms with Gasteiger partial charge >= 0.3 is 0 Å². The van der Waals surface area contributed by atoms with Crippen LogP contribution in [0.4, 0.5) is 0 Å². The van der Waals surface area contributed by atoms with Crippen LogP contribution in [0.15, 0.2) is 23.7 Å². The van der Waals surface area contributed by atoms with Gasteiger partial charge in [0.1, 0.15) is 18.2 Å². The van der Waals surface area contributed by atoms with Crippen molar-refractivity contribution >= 4 is 22.9 Å². The van der Waals surface area contributed by atoms with Gasteiger partial charge < -0.3 is 14.8 Å². The predicted octanol–water partition coefficient (Wildman–Crippen LogP) is 3.41.